The lowest BCUT2D eigenvalue weighted by Crippen LogP contribution is -2.99. The lowest BCUT2D eigenvalue weighted by atomic mass is 10.2. The first-order valence-corrected chi connectivity index (χ1v) is 32.7. The lowest BCUT2D eigenvalue weighted by Gasteiger charge is -2.82. The van der Waals surface area contributed by atoms with E-state index in [-0.39, 0.29) is 0 Å². The third kappa shape index (κ3) is 2.10. The first kappa shape index (κ1) is 21.6. The van der Waals surface area contributed by atoms with Crippen molar-refractivity contribution in [2.24, 2.45) is 0 Å². The van der Waals surface area contributed by atoms with Gasteiger partial charge in [0.1, 0.15) is 0 Å². The van der Waals surface area contributed by atoms with Crippen molar-refractivity contribution in [1.82, 2.24) is 0 Å². The zero-order chi connectivity index (χ0) is 19.0. The average Bonchev–Trinajstić information content (AvgIpc) is 2.41. The number of hydrogen-bond acceptors (Lipinski definition) is 0. The number of rotatable bonds is 0. The molecule has 0 bridgehead atoms. The molecule has 2 saturated heterocycles. The normalized spacial score (nSPS) is 34.5. The summed E-state index contributed by atoms with van der Waals surface area (Å²) in [7, 11) is -6.61. The van der Waals surface area contributed by atoms with Gasteiger partial charge in [-0.25, -0.2) is 0 Å². The van der Waals surface area contributed by atoms with Crippen molar-refractivity contribution in [2.75, 3.05) is 0 Å². The molecule has 2 fully saturated rings. The van der Waals surface area contributed by atoms with E-state index in [1.54, 1.807) is 31.7 Å². The van der Waals surface area contributed by atoms with Crippen LogP contribution in [0.5, 0.6) is 0 Å². The molecule has 24 heavy (non-hydrogen) atoms. The molecule has 0 N–H and O–H groups in total. The van der Waals surface area contributed by atoms with E-state index in [2.05, 4.69) is 78.6 Å². The molecule has 0 amide bonds. The molecule has 1 spiro atoms. The SMILES string of the molecule is C[Si]1(C)CCCCCC2([Si](C)(C)[Si]1(C)C)[Si](C)(C)[Si](C)(C)[Si]2(C)C. The lowest BCUT2D eigenvalue weighted by molar-refractivity contribution is 0.646. The predicted octanol–water partition coefficient (Wildman–Crippen LogP) is 6.96. The van der Waals surface area contributed by atoms with Crippen molar-refractivity contribution in [3.8, 4) is 0 Å². The summed E-state index contributed by atoms with van der Waals surface area (Å²) in [6, 6.07) is 1.64. The zero-order valence-corrected chi connectivity index (χ0v) is 25.0. The second-order valence-corrected chi connectivity index (χ2v) is 70.4. The highest BCUT2D eigenvalue weighted by atomic mass is 29.7. The summed E-state index contributed by atoms with van der Waals surface area (Å²) in [6.45, 7) is 34.6. The van der Waals surface area contributed by atoms with Gasteiger partial charge in [-0.3, -0.25) is 0 Å². The summed E-state index contributed by atoms with van der Waals surface area (Å²) < 4.78 is 0.951. The molecule has 0 aromatic rings. The van der Waals surface area contributed by atoms with Crippen LogP contribution in [0.1, 0.15) is 25.7 Å². The average molecular weight is 431 g/mol. The number of hydrogen-bond donors (Lipinski definition) is 0. The Labute approximate surface area is 158 Å². The van der Waals surface area contributed by atoms with Gasteiger partial charge in [0.05, 0.1) is 0 Å². The van der Waals surface area contributed by atoms with E-state index in [9.17, 15) is 0 Å². The van der Waals surface area contributed by atoms with Gasteiger partial charge < -0.3 is 0 Å². The zero-order valence-electron chi connectivity index (χ0n) is 19.0. The van der Waals surface area contributed by atoms with E-state index in [0.717, 1.165) is 4.28 Å². The third-order valence-corrected chi connectivity index (χ3v) is 115. The Morgan fingerprint density at radius 3 is 1.38 bits per heavy atom. The molecule has 0 saturated carbocycles. The van der Waals surface area contributed by atoms with Gasteiger partial charge in [-0.05, 0) is 4.28 Å². The Kier molecular flexibility index (Phi) is 5.09. The minimum Gasteiger partial charge on any atom is -0.0731 e. The van der Waals surface area contributed by atoms with Crippen LogP contribution in [0.4, 0.5) is 0 Å². The Morgan fingerprint density at radius 2 is 0.917 bits per heavy atom. The fourth-order valence-corrected chi connectivity index (χ4v) is 134. The van der Waals surface area contributed by atoms with Crippen molar-refractivity contribution < 1.29 is 0 Å². The third-order valence-electron chi connectivity index (χ3n) is 11.4. The minimum absolute atomic E-state index is 0.951. The molecule has 2 aliphatic rings. The predicted molar refractivity (Wildman–Crippen MR) is 131 cm³/mol. The van der Waals surface area contributed by atoms with Gasteiger partial charge in [0, 0.05) is 44.6 Å². The molecule has 0 radical (unpaired) electrons. The molecule has 0 nitrogen and oxygen atoms in total. The molecule has 0 aromatic heterocycles. The van der Waals surface area contributed by atoms with E-state index < -0.39 is 44.6 Å². The molecule has 0 atom stereocenters. The maximum absolute atomic E-state index is 2.95. The van der Waals surface area contributed by atoms with Crippen molar-refractivity contribution in [3.63, 3.8) is 0 Å². The molecule has 2 aliphatic heterocycles. The van der Waals surface area contributed by atoms with Gasteiger partial charge >= 0.3 is 0 Å². The van der Waals surface area contributed by atoms with Gasteiger partial charge in [-0.15, -0.1) is 0 Å². The monoisotopic (exact) mass is 430 g/mol. The Hall–Kier alpha value is 1.30. The van der Waals surface area contributed by atoms with Crippen LogP contribution in [0.3, 0.4) is 0 Å². The van der Waals surface area contributed by atoms with Crippen molar-refractivity contribution >= 4 is 44.6 Å². The van der Waals surface area contributed by atoms with Crippen molar-refractivity contribution in [2.45, 2.75) is 115 Å². The smallest absolute Gasteiger partial charge is 0.0392 e. The van der Waals surface area contributed by atoms with E-state index in [4.69, 9.17) is 0 Å². The first-order valence-electron chi connectivity index (χ1n) is 10.5. The standard InChI is InChI=1S/C18H46Si6/c1-19(2)17-15-13-14-16-18(20(3,4)23(19,9)10)21(5,6)24(11,12)22(18,7)8/h13-17H2,1-12H3. The summed E-state index contributed by atoms with van der Waals surface area (Å²) >= 11 is 0. The van der Waals surface area contributed by atoms with Crippen LogP contribution in [-0.2, 0) is 0 Å². The minimum atomic E-state index is -1.24. The summed E-state index contributed by atoms with van der Waals surface area (Å²) in [5.74, 6) is 0. The topological polar surface area (TPSA) is 0 Å². The largest absolute Gasteiger partial charge is 0.0731 e. The quantitative estimate of drug-likeness (QED) is 0.364. The Morgan fingerprint density at radius 1 is 0.500 bits per heavy atom. The molecular formula is C18H46Si6. The van der Waals surface area contributed by atoms with Gasteiger partial charge in [0.2, 0.25) is 0 Å². The fraction of sp³-hybridized carbons (Fsp3) is 1.00. The second kappa shape index (κ2) is 5.66. The maximum Gasteiger partial charge on any atom is 0.0392 e. The summed E-state index contributed by atoms with van der Waals surface area (Å²) in [5, 5.41) is 0. The van der Waals surface area contributed by atoms with Crippen LogP contribution >= 0.6 is 0 Å². The van der Waals surface area contributed by atoms with Crippen LogP contribution in [0.25, 0.3) is 0 Å². The van der Waals surface area contributed by atoms with E-state index in [1.807, 2.05) is 0 Å². The van der Waals surface area contributed by atoms with Gasteiger partial charge in [-0.2, -0.15) is 0 Å². The second-order valence-electron chi connectivity index (χ2n) is 12.5. The van der Waals surface area contributed by atoms with Crippen LogP contribution in [0.15, 0.2) is 0 Å². The highest BCUT2D eigenvalue weighted by Gasteiger charge is 2.83. The van der Waals surface area contributed by atoms with Crippen molar-refractivity contribution in [3.05, 3.63) is 0 Å². The van der Waals surface area contributed by atoms with Gasteiger partial charge in [0.15, 0.2) is 0 Å². The molecule has 2 rings (SSSR count). The summed E-state index contributed by atoms with van der Waals surface area (Å²) in [6.07, 6.45) is 6.34. The van der Waals surface area contributed by atoms with E-state index in [1.165, 1.54) is 0 Å². The van der Waals surface area contributed by atoms with Gasteiger partial charge in [-0.1, -0.05) is 110 Å². The summed E-state index contributed by atoms with van der Waals surface area (Å²) in [5.41, 5.74) is 0. The molecule has 2 heterocycles. The molecule has 142 valence electrons. The van der Waals surface area contributed by atoms with Gasteiger partial charge in [0.25, 0.3) is 0 Å². The van der Waals surface area contributed by atoms with Crippen LogP contribution < -0.4 is 0 Å². The summed E-state index contributed by atoms with van der Waals surface area (Å²) in [4.78, 5) is 0. The van der Waals surface area contributed by atoms with E-state index in [0.29, 0.717) is 0 Å². The molecule has 0 aromatic carbocycles. The molecular weight excluding hydrogens is 385 g/mol. The molecule has 6 heteroatoms. The Bertz CT molecular complexity index is 498. The van der Waals surface area contributed by atoms with Crippen LogP contribution in [0, 0.1) is 0 Å². The van der Waals surface area contributed by atoms with E-state index >= 15 is 0 Å². The highest BCUT2D eigenvalue weighted by molar-refractivity contribution is 7.86. The van der Waals surface area contributed by atoms with Crippen molar-refractivity contribution in [1.29, 1.82) is 0 Å². The maximum atomic E-state index is 2.95. The Balaban J connectivity index is 2.76. The molecule has 0 unspecified atom stereocenters. The fourth-order valence-electron chi connectivity index (χ4n) is 7.89. The highest BCUT2D eigenvalue weighted by Crippen LogP contribution is 2.72. The van der Waals surface area contributed by atoms with Crippen LogP contribution in [-0.4, -0.2) is 44.6 Å². The molecule has 0 aliphatic carbocycles. The van der Waals surface area contributed by atoms with Crippen LogP contribution in [0.2, 0.25) is 88.9 Å². The first-order chi connectivity index (χ1) is 10.5.